The molecule has 0 atom stereocenters. The molecule has 0 aliphatic carbocycles. The van der Waals surface area contributed by atoms with Gasteiger partial charge in [-0.05, 0) is 36.8 Å². The molecule has 1 aliphatic heterocycles. The van der Waals surface area contributed by atoms with Crippen LogP contribution in [0.4, 0.5) is 20.6 Å². The Morgan fingerprint density at radius 1 is 1.12 bits per heavy atom. The number of methoxy groups -OCH3 is 1. The van der Waals surface area contributed by atoms with E-state index < -0.39 is 11.8 Å². The van der Waals surface area contributed by atoms with Crippen molar-refractivity contribution in [1.29, 1.82) is 0 Å². The molecule has 0 spiro atoms. The van der Waals surface area contributed by atoms with Crippen molar-refractivity contribution in [2.45, 2.75) is 6.92 Å². The molecule has 0 unspecified atom stereocenters. The van der Waals surface area contributed by atoms with Gasteiger partial charge in [-0.25, -0.2) is 14.0 Å². The van der Waals surface area contributed by atoms with Crippen molar-refractivity contribution in [3.05, 3.63) is 59.4 Å². The number of hydrogen-bond donors (Lipinski definition) is 0. The summed E-state index contributed by atoms with van der Waals surface area (Å²) in [6, 6.07) is 11.3. The number of amides is 2. The van der Waals surface area contributed by atoms with Crippen LogP contribution < -0.4 is 9.80 Å². The summed E-state index contributed by atoms with van der Waals surface area (Å²) in [5.41, 5.74) is 1.71. The Kier molecular flexibility index (Phi) is 4.20. The number of urea groups is 1. The Hall–Kier alpha value is -2.89. The van der Waals surface area contributed by atoms with Crippen LogP contribution in [0.1, 0.15) is 15.9 Å². The second kappa shape index (κ2) is 6.31. The van der Waals surface area contributed by atoms with Crippen molar-refractivity contribution in [2.75, 3.05) is 30.0 Å². The van der Waals surface area contributed by atoms with Gasteiger partial charge in [0, 0.05) is 18.8 Å². The van der Waals surface area contributed by atoms with Gasteiger partial charge in [0.1, 0.15) is 5.82 Å². The number of anilines is 2. The van der Waals surface area contributed by atoms with Gasteiger partial charge < -0.3 is 4.74 Å². The van der Waals surface area contributed by atoms with Crippen LogP contribution in [0.25, 0.3) is 0 Å². The Bertz CT molecular complexity index is 807. The molecular weight excluding hydrogens is 311 g/mol. The standard InChI is InChI=1S/C18H17FN2O3/c1-12-5-3-8-15(16(12)19)21-10-9-20(18(21)23)14-7-4-6-13(11-14)17(22)24-2/h3-8,11H,9-10H2,1-2H3. The van der Waals surface area contributed by atoms with E-state index >= 15 is 0 Å². The molecule has 1 heterocycles. The summed E-state index contributed by atoms with van der Waals surface area (Å²) < 4.78 is 19.0. The fourth-order valence-electron chi connectivity index (χ4n) is 2.76. The molecule has 2 amide bonds. The molecule has 1 saturated heterocycles. The van der Waals surface area contributed by atoms with Gasteiger partial charge in [-0.2, -0.15) is 0 Å². The second-order valence-electron chi connectivity index (χ2n) is 5.54. The van der Waals surface area contributed by atoms with Crippen LogP contribution in [0.2, 0.25) is 0 Å². The van der Waals surface area contributed by atoms with Gasteiger partial charge in [0.15, 0.2) is 0 Å². The van der Waals surface area contributed by atoms with Crippen LogP contribution in [0.5, 0.6) is 0 Å². The van der Waals surface area contributed by atoms with Gasteiger partial charge in [0.2, 0.25) is 0 Å². The third-order valence-corrected chi connectivity index (χ3v) is 4.05. The zero-order valence-electron chi connectivity index (χ0n) is 13.5. The molecule has 0 saturated carbocycles. The van der Waals surface area contributed by atoms with Crippen LogP contribution in [0.15, 0.2) is 42.5 Å². The number of carbonyl (C=O) groups excluding carboxylic acids is 2. The largest absolute Gasteiger partial charge is 0.465 e. The zero-order valence-corrected chi connectivity index (χ0v) is 13.5. The average molecular weight is 328 g/mol. The van der Waals surface area contributed by atoms with E-state index in [0.717, 1.165) is 0 Å². The lowest BCUT2D eigenvalue weighted by Gasteiger charge is -2.20. The molecule has 0 N–H and O–H groups in total. The van der Waals surface area contributed by atoms with Crippen LogP contribution in [0.3, 0.4) is 0 Å². The molecule has 124 valence electrons. The highest BCUT2D eigenvalue weighted by Crippen LogP contribution is 2.28. The molecule has 1 aliphatic rings. The van der Waals surface area contributed by atoms with Crippen LogP contribution in [0, 0.1) is 12.7 Å². The highest BCUT2D eigenvalue weighted by atomic mass is 19.1. The van der Waals surface area contributed by atoms with Crippen molar-refractivity contribution >= 4 is 23.4 Å². The number of hydrogen-bond acceptors (Lipinski definition) is 3. The first kappa shape index (κ1) is 16.0. The summed E-state index contributed by atoms with van der Waals surface area (Å²) in [7, 11) is 1.30. The van der Waals surface area contributed by atoms with Crippen molar-refractivity contribution in [3.63, 3.8) is 0 Å². The van der Waals surface area contributed by atoms with Crippen molar-refractivity contribution < 1.29 is 18.7 Å². The van der Waals surface area contributed by atoms with Crippen molar-refractivity contribution in [2.24, 2.45) is 0 Å². The molecule has 0 radical (unpaired) electrons. The minimum absolute atomic E-state index is 0.270. The van der Waals surface area contributed by atoms with Crippen molar-refractivity contribution in [3.8, 4) is 0 Å². The Morgan fingerprint density at radius 3 is 2.58 bits per heavy atom. The third-order valence-electron chi connectivity index (χ3n) is 4.05. The first-order chi connectivity index (χ1) is 11.5. The predicted octanol–water partition coefficient (Wildman–Crippen LogP) is 3.37. The molecule has 2 aromatic carbocycles. The summed E-state index contributed by atoms with van der Waals surface area (Å²) in [6.07, 6.45) is 0. The normalized spacial score (nSPS) is 14.2. The summed E-state index contributed by atoms with van der Waals surface area (Å²) in [5.74, 6) is -0.860. The highest BCUT2D eigenvalue weighted by molar-refractivity contribution is 6.06. The quantitative estimate of drug-likeness (QED) is 0.812. The van der Waals surface area contributed by atoms with Gasteiger partial charge >= 0.3 is 12.0 Å². The van der Waals surface area contributed by atoms with E-state index in [1.54, 1.807) is 49.4 Å². The topological polar surface area (TPSA) is 49.9 Å². The monoisotopic (exact) mass is 328 g/mol. The molecule has 0 bridgehead atoms. The number of carbonyl (C=O) groups is 2. The van der Waals surface area contributed by atoms with Crippen molar-refractivity contribution in [1.82, 2.24) is 0 Å². The SMILES string of the molecule is COC(=O)c1cccc(N2CCN(c3cccc(C)c3F)C2=O)c1. The number of halogens is 1. The fraction of sp³-hybridized carbons (Fsp3) is 0.222. The van der Waals surface area contributed by atoms with Crippen LogP contribution in [-0.2, 0) is 4.74 Å². The molecule has 0 aromatic heterocycles. The molecule has 6 heteroatoms. The number of aryl methyl sites for hydroxylation is 1. The van der Waals surface area contributed by atoms with E-state index in [1.165, 1.54) is 16.9 Å². The molecular formula is C18H17FN2O3. The summed E-state index contributed by atoms with van der Waals surface area (Å²) >= 11 is 0. The molecule has 5 nitrogen and oxygen atoms in total. The summed E-state index contributed by atoms with van der Waals surface area (Å²) in [6.45, 7) is 2.45. The maximum Gasteiger partial charge on any atom is 0.337 e. The third kappa shape index (κ3) is 2.71. The van der Waals surface area contributed by atoms with Gasteiger partial charge in [-0.15, -0.1) is 0 Å². The van der Waals surface area contributed by atoms with Gasteiger partial charge in [-0.1, -0.05) is 18.2 Å². The van der Waals surface area contributed by atoms with E-state index in [2.05, 4.69) is 0 Å². The number of esters is 1. The molecule has 2 aromatic rings. The second-order valence-corrected chi connectivity index (χ2v) is 5.54. The fourth-order valence-corrected chi connectivity index (χ4v) is 2.76. The van der Waals surface area contributed by atoms with E-state index in [-0.39, 0.29) is 11.7 Å². The molecule has 3 rings (SSSR count). The lowest BCUT2D eigenvalue weighted by atomic mass is 10.2. The number of rotatable bonds is 3. The molecule has 24 heavy (non-hydrogen) atoms. The zero-order chi connectivity index (χ0) is 17.3. The highest BCUT2D eigenvalue weighted by Gasteiger charge is 2.32. The van der Waals surface area contributed by atoms with Crippen LogP contribution in [-0.4, -0.2) is 32.2 Å². The Morgan fingerprint density at radius 2 is 1.83 bits per heavy atom. The van der Waals surface area contributed by atoms with Gasteiger partial charge in [0.25, 0.3) is 0 Å². The van der Waals surface area contributed by atoms with Gasteiger partial charge in [-0.3, -0.25) is 9.80 Å². The smallest absolute Gasteiger partial charge is 0.337 e. The number of nitrogens with zero attached hydrogens (tertiary/aromatic N) is 2. The van der Waals surface area contributed by atoms with E-state index in [9.17, 15) is 14.0 Å². The predicted molar refractivity (Wildman–Crippen MR) is 89.0 cm³/mol. The van der Waals surface area contributed by atoms with Crippen LogP contribution >= 0.6 is 0 Å². The molecule has 1 fully saturated rings. The number of benzene rings is 2. The minimum atomic E-state index is -0.468. The summed E-state index contributed by atoms with van der Waals surface area (Å²) in [4.78, 5) is 27.3. The average Bonchev–Trinajstić information content (AvgIpc) is 2.98. The van der Waals surface area contributed by atoms with Gasteiger partial charge in [0.05, 0.1) is 18.4 Å². The minimum Gasteiger partial charge on any atom is -0.465 e. The number of ether oxygens (including phenoxy) is 1. The van der Waals surface area contributed by atoms with E-state index in [0.29, 0.717) is 29.9 Å². The Labute approximate surface area is 139 Å². The lowest BCUT2D eigenvalue weighted by molar-refractivity contribution is 0.0600. The van der Waals surface area contributed by atoms with E-state index in [4.69, 9.17) is 4.74 Å². The Balaban J connectivity index is 1.89. The summed E-state index contributed by atoms with van der Waals surface area (Å²) in [5, 5.41) is 0. The first-order valence-electron chi connectivity index (χ1n) is 7.55. The maximum atomic E-state index is 14.3. The lowest BCUT2D eigenvalue weighted by Crippen LogP contribution is -2.32. The maximum absolute atomic E-state index is 14.3. The first-order valence-corrected chi connectivity index (χ1v) is 7.55. The van der Waals surface area contributed by atoms with E-state index in [1.807, 2.05) is 0 Å².